The first kappa shape index (κ1) is 10.5. The topological polar surface area (TPSA) is 63.1 Å². The van der Waals surface area contributed by atoms with E-state index in [1.165, 1.54) is 24.3 Å². The summed E-state index contributed by atoms with van der Waals surface area (Å²) in [6, 6.07) is 0. The maximum absolute atomic E-state index is 11.2. The third kappa shape index (κ3) is 2.34. The normalized spacial score (nSPS) is 20.0. The van der Waals surface area contributed by atoms with Crippen molar-refractivity contribution in [3.05, 3.63) is 11.3 Å². The van der Waals surface area contributed by atoms with Gasteiger partial charge in [-0.25, -0.2) is 4.98 Å². The average Bonchev–Trinajstić information content (AvgIpc) is 2.72. The molecule has 2 rings (SSSR count). The molecule has 1 aliphatic rings. The number of carboxylic acids is 1. The lowest BCUT2D eigenvalue weighted by atomic mass is 9.80. The number of hydrogen-bond donors (Lipinski definition) is 1. The molecule has 0 aliphatic heterocycles. The summed E-state index contributed by atoms with van der Waals surface area (Å²) >= 11 is 1.21. The Bertz CT molecular complexity index is 320. The van der Waals surface area contributed by atoms with Crippen LogP contribution in [0, 0.1) is 5.92 Å². The summed E-state index contributed by atoms with van der Waals surface area (Å²) in [6.45, 7) is 0. The van der Waals surface area contributed by atoms with Gasteiger partial charge >= 0.3 is 5.97 Å². The molecule has 1 saturated carbocycles. The smallest absolute Gasteiger partial charge is 0.313 e. The third-order valence-corrected chi connectivity index (χ3v) is 3.78. The molecular weight excluding hydrogens is 212 g/mol. The molecule has 1 fully saturated rings. The van der Waals surface area contributed by atoms with Gasteiger partial charge in [-0.05, 0) is 30.3 Å². The Labute approximate surface area is 92.5 Å². The molecule has 0 aromatic carbocycles. The predicted molar refractivity (Wildman–Crippen MR) is 56.9 cm³/mol. The van der Waals surface area contributed by atoms with Gasteiger partial charge in [0.15, 0.2) is 0 Å². The highest BCUT2D eigenvalue weighted by molar-refractivity contribution is 7.05. The highest BCUT2D eigenvalue weighted by Crippen LogP contribution is 2.36. The van der Waals surface area contributed by atoms with Gasteiger partial charge in [-0.2, -0.15) is 4.37 Å². The fraction of sp³-hybridized carbons (Fsp3) is 0.700. The van der Waals surface area contributed by atoms with Crippen molar-refractivity contribution in [1.29, 1.82) is 0 Å². The number of hydrogen-bond acceptors (Lipinski definition) is 4. The molecule has 15 heavy (non-hydrogen) atoms. The summed E-state index contributed by atoms with van der Waals surface area (Å²) < 4.78 is 3.89. The summed E-state index contributed by atoms with van der Waals surface area (Å²) in [4.78, 5) is 15.3. The minimum Gasteiger partial charge on any atom is -0.481 e. The molecule has 0 bridgehead atoms. The van der Waals surface area contributed by atoms with Crippen molar-refractivity contribution in [2.45, 2.75) is 38.0 Å². The SMILES string of the molecule is O=C(O)C(c1ncns1)C1CCCCC1. The van der Waals surface area contributed by atoms with Gasteiger partial charge in [-0.15, -0.1) is 0 Å². The lowest BCUT2D eigenvalue weighted by Gasteiger charge is -2.25. The molecule has 1 atom stereocenters. The van der Waals surface area contributed by atoms with Gasteiger partial charge < -0.3 is 5.11 Å². The zero-order valence-corrected chi connectivity index (χ0v) is 9.24. The van der Waals surface area contributed by atoms with Gasteiger partial charge in [0.05, 0.1) is 0 Å². The van der Waals surface area contributed by atoms with Gasteiger partial charge in [0, 0.05) is 0 Å². The highest BCUT2D eigenvalue weighted by atomic mass is 32.1. The van der Waals surface area contributed by atoms with Crippen LogP contribution in [-0.2, 0) is 4.79 Å². The first-order valence-corrected chi connectivity index (χ1v) is 6.06. The van der Waals surface area contributed by atoms with Crippen molar-refractivity contribution in [2.75, 3.05) is 0 Å². The van der Waals surface area contributed by atoms with Crippen molar-refractivity contribution in [3.8, 4) is 0 Å². The maximum Gasteiger partial charge on any atom is 0.313 e. The molecule has 1 aromatic rings. The number of carboxylic acid groups (broad SMARTS) is 1. The molecule has 1 unspecified atom stereocenters. The van der Waals surface area contributed by atoms with Crippen molar-refractivity contribution in [2.24, 2.45) is 5.92 Å². The minimum absolute atomic E-state index is 0.254. The van der Waals surface area contributed by atoms with Crippen molar-refractivity contribution in [1.82, 2.24) is 9.36 Å². The lowest BCUT2D eigenvalue weighted by molar-refractivity contribution is -0.140. The van der Waals surface area contributed by atoms with Gasteiger partial charge in [0.1, 0.15) is 17.3 Å². The average molecular weight is 226 g/mol. The lowest BCUT2D eigenvalue weighted by Crippen LogP contribution is -2.23. The summed E-state index contributed by atoms with van der Waals surface area (Å²) in [5.41, 5.74) is 0. The van der Waals surface area contributed by atoms with Crippen LogP contribution >= 0.6 is 11.5 Å². The summed E-state index contributed by atoms with van der Waals surface area (Å²) in [5.74, 6) is -0.930. The highest BCUT2D eigenvalue weighted by Gasteiger charge is 2.32. The van der Waals surface area contributed by atoms with Crippen LogP contribution in [-0.4, -0.2) is 20.4 Å². The molecule has 0 radical (unpaired) electrons. The van der Waals surface area contributed by atoms with Crippen LogP contribution in [0.15, 0.2) is 6.33 Å². The molecule has 1 aromatic heterocycles. The molecule has 1 heterocycles. The van der Waals surface area contributed by atoms with Crippen LogP contribution < -0.4 is 0 Å². The molecule has 1 aliphatic carbocycles. The summed E-state index contributed by atoms with van der Waals surface area (Å²) in [5, 5.41) is 9.90. The largest absolute Gasteiger partial charge is 0.481 e. The van der Waals surface area contributed by atoms with E-state index in [0.717, 1.165) is 25.7 Å². The monoisotopic (exact) mass is 226 g/mol. The van der Waals surface area contributed by atoms with E-state index in [-0.39, 0.29) is 5.92 Å². The van der Waals surface area contributed by atoms with Gasteiger partial charge in [-0.3, -0.25) is 4.79 Å². The maximum atomic E-state index is 11.2. The van der Waals surface area contributed by atoms with E-state index in [1.54, 1.807) is 0 Å². The zero-order valence-electron chi connectivity index (χ0n) is 8.43. The van der Waals surface area contributed by atoms with E-state index in [4.69, 9.17) is 0 Å². The minimum atomic E-state index is -0.751. The number of nitrogens with zero attached hydrogens (tertiary/aromatic N) is 2. The molecule has 4 nitrogen and oxygen atoms in total. The van der Waals surface area contributed by atoms with E-state index in [1.807, 2.05) is 0 Å². The Hall–Kier alpha value is -0.970. The fourth-order valence-electron chi connectivity index (χ4n) is 2.30. The van der Waals surface area contributed by atoms with Crippen LogP contribution in [0.2, 0.25) is 0 Å². The first-order chi connectivity index (χ1) is 7.29. The van der Waals surface area contributed by atoms with Crippen LogP contribution in [0.4, 0.5) is 0 Å². The van der Waals surface area contributed by atoms with E-state index in [2.05, 4.69) is 9.36 Å². The van der Waals surface area contributed by atoms with Crippen LogP contribution in [0.3, 0.4) is 0 Å². The van der Waals surface area contributed by atoms with E-state index in [0.29, 0.717) is 5.01 Å². The first-order valence-electron chi connectivity index (χ1n) is 5.28. The van der Waals surface area contributed by atoms with Crippen LogP contribution in [0.5, 0.6) is 0 Å². The quantitative estimate of drug-likeness (QED) is 0.858. The molecule has 0 spiro atoms. The fourth-order valence-corrected chi connectivity index (χ4v) is 3.00. The molecule has 0 saturated heterocycles. The number of aromatic nitrogens is 2. The Morgan fingerprint density at radius 2 is 2.20 bits per heavy atom. The van der Waals surface area contributed by atoms with Crippen LogP contribution in [0.25, 0.3) is 0 Å². The zero-order chi connectivity index (χ0) is 10.7. The van der Waals surface area contributed by atoms with Gasteiger partial charge in [0.2, 0.25) is 0 Å². The van der Waals surface area contributed by atoms with Crippen LogP contribution in [0.1, 0.15) is 43.0 Å². The van der Waals surface area contributed by atoms with Crippen molar-refractivity contribution >= 4 is 17.5 Å². The second-order valence-corrected chi connectivity index (χ2v) is 4.81. The Kier molecular flexibility index (Phi) is 3.30. The van der Waals surface area contributed by atoms with Gasteiger partial charge in [0.25, 0.3) is 0 Å². The Balaban J connectivity index is 2.15. The summed E-state index contributed by atoms with van der Waals surface area (Å²) in [7, 11) is 0. The predicted octanol–water partition coefficient (Wildman–Crippen LogP) is 2.29. The molecule has 82 valence electrons. The summed E-state index contributed by atoms with van der Waals surface area (Å²) in [6.07, 6.45) is 6.99. The van der Waals surface area contributed by atoms with E-state index >= 15 is 0 Å². The van der Waals surface area contributed by atoms with E-state index < -0.39 is 11.9 Å². The molecule has 0 amide bonds. The molecular formula is C10H14N2O2S. The third-order valence-electron chi connectivity index (χ3n) is 3.03. The Morgan fingerprint density at radius 1 is 1.47 bits per heavy atom. The van der Waals surface area contributed by atoms with Crippen molar-refractivity contribution in [3.63, 3.8) is 0 Å². The number of rotatable bonds is 3. The number of carbonyl (C=O) groups is 1. The van der Waals surface area contributed by atoms with Gasteiger partial charge in [-0.1, -0.05) is 19.3 Å². The second kappa shape index (κ2) is 4.70. The van der Waals surface area contributed by atoms with Crippen molar-refractivity contribution < 1.29 is 9.90 Å². The number of aliphatic carboxylic acids is 1. The van der Waals surface area contributed by atoms with E-state index in [9.17, 15) is 9.90 Å². The second-order valence-electron chi connectivity index (χ2n) is 3.99. The standard InChI is InChI=1S/C10H14N2O2S/c13-10(14)8(9-11-6-12-15-9)7-4-2-1-3-5-7/h6-8H,1-5H2,(H,13,14). The molecule has 1 N–H and O–H groups in total. The Morgan fingerprint density at radius 3 is 2.73 bits per heavy atom. The molecule has 5 heteroatoms.